The number of carbonyl (C=O) groups is 2. The van der Waals surface area contributed by atoms with E-state index >= 15 is 0 Å². The third-order valence-corrected chi connectivity index (χ3v) is 4.54. The summed E-state index contributed by atoms with van der Waals surface area (Å²) in [6.07, 6.45) is 0.928. The molecule has 0 aliphatic rings. The number of aromatic amines is 1. The van der Waals surface area contributed by atoms with E-state index in [1.54, 1.807) is 6.92 Å². The van der Waals surface area contributed by atoms with Gasteiger partial charge >= 0.3 is 5.97 Å². The molecule has 0 saturated heterocycles. The second kappa shape index (κ2) is 8.70. The van der Waals surface area contributed by atoms with Gasteiger partial charge in [0.05, 0.1) is 6.61 Å². The minimum atomic E-state index is -0.353. The van der Waals surface area contributed by atoms with E-state index < -0.39 is 0 Å². The van der Waals surface area contributed by atoms with E-state index in [4.69, 9.17) is 4.74 Å². The molecule has 5 heteroatoms. The Morgan fingerprint density at radius 1 is 1.15 bits per heavy atom. The quantitative estimate of drug-likeness (QED) is 0.717. The van der Waals surface area contributed by atoms with Crippen molar-refractivity contribution < 1.29 is 14.3 Å². The van der Waals surface area contributed by atoms with Crippen molar-refractivity contribution >= 4 is 17.6 Å². The summed E-state index contributed by atoms with van der Waals surface area (Å²) in [5.41, 5.74) is 5.28. The lowest BCUT2D eigenvalue weighted by Gasteiger charge is -2.09. The Hall–Kier alpha value is -2.56. The first-order valence-corrected chi connectivity index (χ1v) is 9.08. The molecule has 0 saturated carbocycles. The highest BCUT2D eigenvalue weighted by Gasteiger charge is 2.18. The molecule has 140 valence electrons. The van der Waals surface area contributed by atoms with Crippen LogP contribution < -0.4 is 5.32 Å². The summed E-state index contributed by atoms with van der Waals surface area (Å²) in [5.74, 6) is 0.0712. The molecule has 1 heterocycles. The number of ether oxygens (including phenoxy) is 1. The first-order valence-electron chi connectivity index (χ1n) is 9.08. The fourth-order valence-electron chi connectivity index (χ4n) is 2.98. The standard InChI is InChI=1S/C21H28N2O3/c1-6-26-21(25)20-14(4)18(15(5)22-20)11-12-19(24)23-17-9-7-16(8-10-17)13(2)3/h7-10,13,22H,6,11-12H2,1-5H3,(H,23,24). The van der Waals surface area contributed by atoms with Gasteiger partial charge in [-0.2, -0.15) is 0 Å². The maximum Gasteiger partial charge on any atom is 0.355 e. The second-order valence-electron chi connectivity index (χ2n) is 6.77. The van der Waals surface area contributed by atoms with Gasteiger partial charge in [-0.25, -0.2) is 4.79 Å². The largest absolute Gasteiger partial charge is 0.461 e. The Morgan fingerprint density at radius 3 is 2.38 bits per heavy atom. The zero-order valence-electron chi connectivity index (χ0n) is 16.2. The second-order valence-corrected chi connectivity index (χ2v) is 6.77. The maximum atomic E-state index is 12.3. The lowest BCUT2D eigenvalue weighted by molar-refractivity contribution is -0.116. The summed E-state index contributed by atoms with van der Waals surface area (Å²) in [4.78, 5) is 27.3. The normalized spacial score (nSPS) is 10.8. The van der Waals surface area contributed by atoms with Crippen LogP contribution in [0.2, 0.25) is 0 Å². The summed E-state index contributed by atoms with van der Waals surface area (Å²) in [6, 6.07) is 7.93. The Bertz CT molecular complexity index is 773. The molecule has 0 spiro atoms. The summed E-state index contributed by atoms with van der Waals surface area (Å²) in [6.45, 7) is 10.2. The van der Waals surface area contributed by atoms with Gasteiger partial charge in [0.2, 0.25) is 5.91 Å². The number of carbonyl (C=O) groups excluding carboxylic acids is 2. The Balaban J connectivity index is 1.98. The molecule has 0 aliphatic carbocycles. The molecule has 26 heavy (non-hydrogen) atoms. The number of hydrogen-bond acceptors (Lipinski definition) is 3. The van der Waals surface area contributed by atoms with Gasteiger partial charge in [0.15, 0.2) is 0 Å². The first-order chi connectivity index (χ1) is 12.3. The smallest absolute Gasteiger partial charge is 0.355 e. The SMILES string of the molecule is CCOC(=O)c1[nH]c(C)c(CCC(=O)Nc2ccc(C(C)C)cc2)c1C. The number of hydrogen-bond donors (Lipinski definition) is 2. The highest BCUT2D eigenvalue weighted by atomic mass is 16.5. The van der Waals surface area contributed by atoms with Crippen LogP contribution in [-0.2, 0) is 16.0 Å². The molecule has 2 aromatic rings. The molecule has 0 unspecified atom stereocenters. The van der Waals surface area contributed by atoms with Crippen molar-refractivity contribution in [3.63, 3.8) is 0 Å². The molecule has 0 atom stereocenters. The van der Waals surface area contributed by atoms with Gasteiger partial charge in [0.25, 0.3) is 0 Å². The van der Waals surface area contributed by atoms with Crippen molar-refractivity contribution in [1.82, 2.24) is 4.98 Å². The van der Waals surface area contributed by atoms with Gasteiger partial charge < -0.3 is 15.0 Å². The Labute approximate surface area is 155 Å². The zero-order chi connectivity index (χ0) is 19.3. The number of aromatic nitrogens is 1. The van der Waals surface area contributed by atoms with Gasteiger partial charge in [-0.05, 0) is 61.9 Å². The Kier molecular flexibility index (Phi) is 6.61. The third-order valence-electron chi connectivity index (χ3n) is 4.54. The summed E-state index contributed by atoms with van der Waals surface area (Å²) < 4.78 is 5.06. The van der Waals surface area contributed by atoms with Crippen LogP contribution in [0.5, 0.6) is 0 Å². The van der Waals surface area contributed by atoms with E-state index in [2.05, 4.69) is 24.1 Å². The number of H-pyrrole nitrogens is 1. The molecule has 1 aromatic heterocycles. The van der Waals surface area contributed by atoms with Crippen molar-refractivity contribution in [2.24, 2.45) is 0 Å². The molecule has 1 aromatic carbocycles. The number of esters is 1. The number of anilines is 1. The number of amides is 1. The van der Waals surface area contributed by atoms with Crippen LogP contribution >= 0.6 is 0 Å². The van der Waals surface area contributed by atoms with Crippen LogP contribution in [0.3, 0.4) is 0 Å². The molecular formula is C21H28N2O3. The van der Waals surface area contributed by atoms with Crippen molar-refractivity contribution in [3.05, 3.63) is 52.3 Å². The predicted octanol–water partition coefficient (Wildman–Crippen LogP) is 4.50. The predicted molar refractivity (Wildman–Crippen MR) is 104 cm³/mol. The molecule has 2 rings (SSSR count). The van der Waals surface area contributed by atoms with Crippen LogP contribution in [0.15, 0.2) is 24.3 Å². The van der Waals surface area contributed by atoms with Crippen LogP contribution in [-0.4, -0.2) is 23.5 Å². The van der Waals surface area contributed by atoms with Gasteiger partial charge in [0.1, 0.15) is 5.69 Å². The zero-order valence-corrected chi connectivity index (χ0v) is 16.2. The maximum absolute atomic E-state index is 12.3. The number of aryl methyl sites for hydroxylation is 1. The highest BCUT2D eigenvalue weighted by Crippen LogP contribution is 2.21. The molecular weight excluding hydrogens is 328 g/mol. The number of rotatable bonds is 7. The van der Waals surface area contributed by atoms with Crippen LogP contribution in [0.4, 0.5) is 5.69 Å². The molecule has 5 nitrogen and oxygen atoms in total. The van der Waals surface area contributed by atoms with Crippen molar-refractivity contribution in [1.29, 1.82) is 0 Å². The average Bonchev–Trinajstić information content (AvgIpc) is 2.88. The van der Waals surface area contributed by atoms with Gasteiger partial charge in [-0.15, -0.1) is 0 Å². The highest BCUT2D eigenvalue weighted by molar-refractivity contribution is 5.91. The number of benzene rings is 1. The van der Waals surface area contributed by atoms with Gasteiger partial charge in [-0.3, -0.25) is 4.79 Å². The lowest BCUT2D eigenvalue weighted by Crippen LogP contribution is -2.12. The van der Waals surface area contributed by atoms with Crippen LogP contribution in [0.1, 0.15) is 66.0 Å². The number of nitrogens with one attached hydrogen (secondary N) is 2. The van der Waals surface area contributed by atoms with E-state index in [0.717, 1.165) is 22.5 Å². The third kappa shape index (κ3) is 4.75. The van der Waals surface area contributed by atoms with Crippen molar-refractivity contribution in [2.75, 3.05) is 11.9 Å². The van der Waals surface area contributed by atoms with Crippen LogP contribution in [0, 0.1) is 13.8 Å². The van der Waals surface area contributed by atoms with Crippen LogP contribution in [0.25, 0.3) is 0 Å². The summed E-state index contributed by atoms with van der Waals surface area (Å²) in [7, 11) is 0. The summed E-state index contributed by atoms with van der Waals surface area (Å²) in [5, 5.41) is 2.93. The topological polar surface area (TPSA) is 71.2 Å². The van der Waals surface area contributed by atoms with E-state index in [1.807, 2.05) is 38.1 Å². The van der Waals surface area contributed by atoms with E-state index in [9.17, 15) is 9.59 Å². The molecule has 0 aliphatic heterocycles. The minimum absolute atomic E-state index is 0.0417. The van der Waals surface area contributed by atoms with Crippen molar-refractivity contribution in [2.45, 2.75) is 53.4 Å². The molecule has 0 bridgehead atoms. The average molecular weight is 356 g/mol. The van der Waals surface area contributed by atoms with Crippen molar-refractivity contribution in [3.8, 4) is 0 Å². The first kappa shape index (κ1) is 19.8. The van der Waals surface area contributed by atoms with E-state index in [1.165, 1.54) is 5.56 Å². The minimum Gasteiger partial charge on any atom is -0.461 e. The fraction of sp³-hybridized carbons (Fsp3) is 0.429. The van der Waals surface area contributed by atoms with E-state index in [0.29, 0.717) is 31.1 Å². The van der Waals surface area contributed by atoms with Gasteiger partial charge in [-0.1, -0.05) is 26.0 Å². The monoisotopic (exact) mass is 356 g/mol. The molecule has 1 amide bonds. The Morgan fingerprint density at radius 2 is 1.81 bits per heavy atom. The van der Waals surface area contributed by atoms with E-state index in [-0.39, 0.29) is 11.9 Å². The molecule has 0 fully saturated rings. The lowest BCUT2D eigenvalue weighted by atomic mass is 10.0. The molecule has 2 N–H and O–H groups in total. The van der Waals surface area contributed by atoms with Gasteiger partial charge in [0, 0.05) is 17.8 Å². The molecule has 0 radical (unpaired) electrons. The fourth-order valence-corrected chi connectivity index (χ4v) is 2.98. The summed E-state index contributed by atoms with van der Waals surface area (Å²) >= 11 is 0.